The Bertz CT molecular complexity index is 378. The number of amides is 1. The van der Waals surface area contributed by atoms with E-state index in [-0.39, 0.29) is 17.6 Å². The van der Waals surface area contributed by atoms with Crippen molar-refractivity contribution < 1.29 is 9.59 Å². The number of likely N-dealkylation sites (tertiary alicyclic amines) is 1. The topological polar surface area (TPSA) is 37.4 Å². The van der Waals surface area contributed by atoms with Crippen LogP contribution in [-0.4, -0.2) is 29.7 Å². The van der Waals surface area contributed by atoms with Gasteiger partial charge in [-0.05, 0) is 24.3 Å². The Balaban J connectivity index is 1.94. The minimum atomic E-state index is 0.106. The predicted molar refractivity (Wildman–Crippen MR) is 63.6 cm³/mol. The van der Waals surface area contributed by atoms with Gasteiger partial charge in [-0.2, -0.15) is 0 Å². The number of hydrogen-bond acceptors (Lipinski definition) is 3. The van der Waals surface area contributed by atoms with E-state index in [1.807, 2.05) is 22.4 Å². The Morgan fingerprint density at radius 2 is 2.06 bits per heavy atom. The number of piperidine rings is 1. The lowest BCUT2D eigenvalue weighted by Gasteiger charge is -2.30. The van der Waals surface area contributed by atoms with Crippen LogP contribution in [0.5, 0.6) is 0 Å². The Morgan fingerprint density at radius 3 is 2.56 bits per heavy atom. The molecule has 2 rings (SSSR count). The van der Waals surface area contributed by atoms with Crippen molar-refractivity contribution in [2.45, 2.75) is 19.8 Å². The van der Waals surface area contributed by atoms with Crippen LogP contribution in [0.3, 0.4) is 0 Å². The molecule has 3 nitrogen and oxygen atoms in total. The lowest BCUT2D eigenvalue weighted by Crippen LogP contribution is -2.38. The van der Waals surface area contributed by atoms with Gasteiger partial charge in [0.05, 0.1) is 4.88 Å². The minimum Gasteiger partial charge on any atom is -0.343 e. The Labute approximate surface area is 99.1 Å². The molecule has 0 aliphatic carbocycles. The normalized spacial score (nSPS) is 17.4. The molecule has 1 fully saturated rings. The van der Waals surface area contributed by atoms with Crippen molar-refractivity contribution in [1.29, 1.82) is 0 Å². The van der Waals surface area contributed by atoms with Crippen molar-refractivity contribution >= 4 is 23.0 Å². The van der Waals surface area contributed by atoms with Gasteiger partial charge in [0.2, 0.25) is 5.91 Å². The summed E-state index contributed by atoms with van der Waals surface area (Å²) in [6, 6.07) is 3.78. The number of thiophene rings is 1. The molecule has 2 heterocycles. The van der Waals surface area contributed by atoms with Gasteiger partial charge in [0, 0.05) is 25.9 Å². The van der Waals surface area contributed by atoms with Gasteiger partial charge < -0.3 is 4.90 Å². The highest BCUT2D eigenvalue weighted by Crippen LogP contribution is 2.23. The smallest absolute Gasteiger partial charge is 0.219 e. The van der Waals surface area contributed by atoms with E-state index in [4.69, 9.17) is 0 Å². The zero-order valence-electron chi connectivity index (χ0n) is 9.31. The maximum atomic E-state index is 12.0. The molecule has 1 aliphatic rings. The molecule has 1 saturated heterocycles. The van der Waals surface area contributed by atoms with Crippen LogP contribution in [0.15, 0.2) is 17.5 Å². The van der Waals surface area contributed by atoms with Gasteiger partial charge in [0.15, 0.2) is 5.78 Å². The molecular formula is C12H15NO2S. The van der Waals surface area contributed by atoms with Gasteiger partial charge in [-0.1, -0.05) is 6.07 Å². The van der Waals surface area contributed by atoms with Crippen LogP contribution in [-0.2, 0) is 4.79 Å². The van der Waals surface area contributed by atoms with Crippen LogP contribution in [0.1, 0.15) is 29.4 Å². The summed E-state index contributed by atoms with van der Waals surface area (Å²) < 4.78 is 0. The van der Waals surface area contributed by atoms with Crippen molar-refractivity contribution in [3.63, 3.8) is 0 Å². The molecule has 4 heteroatoms. The average molecular weight is 237 g/mol. The highest BCUT2D eigenvalue weighted by molar-refractivity contribution is 7.12. The van der Waals surface area contributed by atoms with Crippen molar-refractivity contribution in [2.75, 3.05) is 13.1 Å². The van der Waals surface area contributed by atoms with E-state index < -0.39 is 0 Å². The molecule has 0 atom stereocenters. The standard InChI is InChI=1S/C12H15NO2S/c1-9(14)13-6-4-10(5-7-13)12(15)11-3-2-8-16-11/h2-3,8,10H,4-7H2,1H3. The number of carbonyl (C=O) groups is 2. The molecule has 1 aromatic heterocycles. The SMILES string of the molecule is CC(=O)N1CCC(C(=O)c2cccs2)CC1. The van der Waals surface area contributed by atoms with Gasteiger partial charge in [0.1, 0.15) is 0 Å². The van der Waals surface area contributed by atoms with Gasteiger partial charge in [-0.25, -0.2) is 0 Å². The van der Waals surface area contributed by atoms with E-state index in [1.54, 1.807) is 6.92 Å². The first-order chi connectivity index (χ1) is 7.68. The van der Waals surface area contributed by atoms with Crippen LogP contribution in [0.4, 0.5) is 0 Å². The number of hydrogen-bond donors (Lipinski definition) is 0. The largest absolute Gasteiger partial charge is 0.343 e. The lowest BCUT2D eigenvalue weighted by atomic mass is 9.92. The Hall–Kier alpha value is -1.16. The lowest BCUT2D eigenvalue weighted by molar-refractivity contribution is -0.130. The van der Waals surface area contributed by atoms with E-state index in [0.717, 1.165) is 30.8 Å². The zero-order valence-corrected chi connectivity index (χ0v) is 10.1. The number of nitrogens with zero attached hydrogens (tertiary/aromatic N) is 1. The molecule has 0 N–H and O–H groups in total. The molecule has 1 amide bonds. The molecular weight excluding hydrogens is 222 g/mol. The summed E-state index contributed by atoms with van der Waals surface area (Å²) in [6.45, 7) is 3.02. The van der Waals surface area contributed by atoms with E-state index in [2.05, 4.69) is 0 Å². The molecule has 1 aromatic rings. The van der Waals surface area contributed by atoms with Gasteiger partial charge >= 0.3 is 0 Å². The summed E-state index contributed by atoms with van der Waals surface area (Å²) in [5.41, 5.74) is 0. The molecule has 16 heavy (non-hydrogen) atoms. The number of rotatable bonds is 2. The third-order valence-electron chi connectivity index (χ3n) is 3.08. The fourth-order valence-corrected chi connectivity index (χ4v) is 2.82. The second-order valence-electron chi connectivity index (χ2n) is 4.12. The summed E-state index contributed by atoms with van der Waals surface area (Å²) in [5.74, 6) is 0.467. The summed E-state index contributed by atoms with van der Waals surface area (Å²) in [4.78, 5) is 25.9. The summed E-state index contributed by atoms with van der Waals surface area (Å²) in [6.07, 6.45) is 1.60. The summed E-state index contributed by atoms with van der Waals surface area (Å²) >= 11 is 1.50. The van der Waals surface area contributed by atoms with Crippen molar-refractivity contribution in [2.24, 2.45) is 5.92 Å². The molecule has 1 aliphatic heterocycles. The van der Waals surface area contributed by atoms with Crippen molar-refractivity contribution in [3.8, 4) is 0 Å². The van der Waals surface area contributed by atoms with E-state index in [9.17, 15) is 9.59 Å². The minimum absolute atomic E-state index is 0.106. The Morgan fingerprint density at radius 1 is 1.38 bits per heavy atom. The van der Waals surface area contributed by atoms with Crippen LogP contribution < -0.4 is 0 Å². The highest BCUT2D eigenvalue weighted by Gasteiger charge is 2.26. The van der Waals surface area contributed by atoms with E-state index in [1.165, 1.54) is 11.3 Å². The third kappa shape index (κ3) is 2.32. The van der Waals surface area contributed by atoms with Gasteiger partial charge in [-0.15, -0.1) is 11.3 Å². The van der Waals surface area contributed by atoms with Crippen LogP contribution in [0.2, 0.25) is 0 Å². The third-order valence-corrected chi connectivity index (χ3v) is 3.96. The van der Waals surface area contributed by atoms with E-state index in [0.29, 0.717) is 0 Å². The molecule has 0 unspecified atom stereocenters. The van der Waals surface area contributed by atoms with Crippen molar-refractivity contribution in [3.05, 3.63) is 22.4 Å². The number of Topliss-reactive ketones (excluding diaryl/α,β-unsaturated/α-hetero) is 1. The maximum Gasteiger partial charge on any atom is 0.219 e. The quantitative estimate of drug-likeness (QED) is 0.739. The molecule has 0 spiro atoms. The monoisotopic (exact) mass is 237 g/mol. The Kier molecular flexibility index (Phi) is 3.39. The molecule has 0 saturated carbocycles. The van der Waals surface area contributed by atoms with Crippen LogP contribution >= 0.6 is 11.3 Å². The molecule has 86 valence electrons. The molecule has 0 radical (unpaired) electrons. The fourth-order valence-electron chi connectivity index (χ4n) is 2.08. The fraction of sp³-hybridized carbons (Fsp3) is 0.500. The highest BCUT2D eigenvalue weighted by atomic mass is 32.1. The summed E-state index contributed by atoms with van der Waals surface area (Å²) in [7, 11) is 0. The second kappa shape index (κ2) is 4.78. The van der Waals surface area contributed by atoms with E-state index >= 15 is 0 Å². The second-order valence-corrected chi connectivity index (χ2v) is 5.07. The predicted octanol–water partition coefficient (Wildman–Crippen LogP) is 2.19. The first-order valence-electron chi connectivity index (χ1n) is 5.51. The average Bonchev–Trinajstić information content (AvgIpc) is 2.81. The first-order valence-corrected chi connectivity index (χ1v) is 6.39. The van der Waals surface area contributed by atoms with Crippen molar-refractivity contribution in [1.82, 2.24) is 4.90 Å². The first kappa shape index (κ1) is 11.3. The number of ketones is 1. The maximum absolute atomic E-state index is 12.0. The number of carbonyl (C=O) groups excluding carboxylic acids is 2. The summed E-state index contributed by atoms with van der Waals surface area (Å²) in [5, 5.41) is 1.93. The van der Waals surface area contributed by atoms with Crippen LogP contribution in [0, 0.1) is 5.92 Å². The molecule has 0 bridgehead atoms. The van der Waals surface area contributed by atoms with Gasteiger partial charge in [-0.3, -0.25) is 9.59 Å². The van der Waals surface area contributed by atoms with Crippen LogP contribution in [0.25, 0.3) is 0 Å². The zero-order chi connectivity index (χ0) is 11.5. The molecule has 0 aromatic carbocycles. The van der Waals surface area contributed by atoms with Gasteiger partial charge in [0.25, 0.3) is 0 Å².